The van der Waals surface area contributed by atoms with E-state index in [1.54, 1.807) is 6.92 Å². The zero-order valence-electron chi connectivity index (χ0n) is 10.6. The standard InChI is InChI=1S/C9H10N2O/c1-2-12-9-10-7-5-3-4-6-8(7)11-9/h3-6H,2H2,1H3,(H,10,11)/i3D,4D,5D,6D. The smallest absolute Gasteiger partial charge is 0.294 e. The lowest BCUT2D eigenvalue weighted by molar-refractivity contribution is 0.317. The SMILES string of the molecule is [2H]c1c([2H])c([2H])c2[nH]c(OCC)nc2c1[2H]. The summed E-state index contributed by atoms with van der Waals surface area (Å²) in [5.41, 5.74) is 0.476. The molecule has 1 aromatic carbocycles. The third-order valence-electron chi connectivity index (χ3n) is 1.39. The Balaban J connectivity index is 2.76. The molecule has 0 spiro atoms. The second-order valence-electron chi connectivity index (χ2n) is 2.20. The molecule has 0 bridgehead atoms. The normalized spacial score (nSPS) is 15.1. The van der Waals surface area contributed by atoms with Crippen LogP contribution < -0.4 is 4.74 Å². The van der Waals surface area contributed by atoms with Crippen molar-refractivity contribution in [3.8, 4) is 6.01 Å². The predicted molar refractivity (Wildman–Crippen MR) is 47.3 cm³/mol. The van der Waals surface area contributed by atoms with Gasteiger partial charge in [0, 0.05) is 0 Å². The van der Waals surface area contributed by atoms with Crippen molar-refractivity contribution < 1.29 is 10.2 Å². The van der Waals surface area contributed by atoms with Gasteiger partial charge < -0.3 is 9.72 Å². The van der Waals surface area contributed by atoms with Crippen LogP contribution in [0.15, 0.2) is 24.2 Å². The summed E-state index contributed by atoms with van der Waals surface area (Å²) in [4.78, 5) is 6.71. The van der Waals surface area contributed by atoms with Crippen molar-refractivity contribution in [2.45, 2.75) is 6.92 Å². The molecular formula is C9H10N2O. The molecule has 3 heteroatoms. The van der Waals surface area contributed by atoms with Gasteiger partial charge in [-0.25, -0.2) is 0 Å². The average molecular weight is 166 g/mol. The van der Waals surface area contributed by atoms with Crippen LogP contribution in [0.1, 0.15) is 12.4 Å². The summed E-state index contributed by atoms with van der Waals surface area (Å²) >= 11 is 0. The Morgan fingerprint density at radius 1 is 1.58 bits per heavy atom. The Hall–Kier alpha value is -1.51. The number of rotatable bonds is 2. The molecular weight excluding hydrogens is 152 g/mol. The van der Waals surface area contributed by atoms with Gasteiger partial charge in [-0.1, -0.05) is 12.1 Å². The number of H-pyrrole nitrogens is 1. The number of fused-ring (bicyclic) bond motifs is 1. The molecule has 0 amide bonds. The van der Waals surface area contributed by atoms with Crippen molar-refractivity contribution in [3.05, 3.63) is 24.2 Å². The van der Waals surface area contributed by atoms with Crippen LogP contribution >= 0.6 is 0 Å². The molecule has 2 aromatic rings. The molecule has 0 aliphatic heterocycles. The highest BCUT2D eigenvalue weighted by Crippen LogP contribution is 2.14. The van der Waals surface area contributed by atoms with Gasteiger partial charge in [-0.05, 0) is 19.0 Å². The van der Waals surface area contributed by atoms with Crippen molar-refractivity contribution in [2.75, 3.05) is 6.61 Å². The van der Waals surface area contributed by atoms with E-state index in [1.165, 1.54) is 0 Å². The first-order valence-electron chi connectivity index (χ1n) is 5.65. The number of para-hydroxylation sites is 2. The van der Waals surface area contributed by atoms with Crippen LogP contribution in [0, 0.1) is 0 Å². The molecule has 0 fully saturated rings. The number of nitrogens with zero attached hydrogens (tertiary/aromatic N) is 1. The quantitative estimate of drug-likeness (QED) is 0.740. The van der Waals surface area contributed by atoms with E-state index < -0.39 is 0 Å². The number of aromatic amines is 1. The average Bonchev–Trinajstić information content (AvgIpc) is 2.68. The van der Waals surface area contributed by atoms with Gasteiger partial charge in [0.05, 0.1) is 23.1 Å². The van der Waals surface area contributed by atoms with Crippen molar-refractivity contribution in [1.82, 2.24) is 9.97 Å². The first-order chi connectivity index (χ1) is 7.56. The molecule has 2 rings (SSSR count). The Bertz CT molecular complexity index is 507. The fraction of sp³-hybridized carbons (Fsp3) is 0.222. The lowest BCUT2D eigenvalue weighted by Crippen LogP contribution is -1.92. The number of aromatic nitrogens is 2. The maximum atomic E-state index is 7.65. The van der Waals surface area contributed by atoms with Gasteiger partial charge in [-0.15, -0.1) is 0 Å². The minimum absolute atomic E-state index is 0.130. The van der Waals surface area contributed by atoms with Crippen molar-refractivity contribution in [1.29, 1.82) is 0 Å². The molecule has 0 saturated carbocycles. The minimum atomic E-state index is -0.285. The molecule has 0 radical (unpaired) electrons. The van der Waals surface area contributed by atoms with E-state index in [2.05, 4.69) is 9.97 Å². The first kappa shape index (κ1) is 3.94. The molecule has 3 nitrogen and oxygen atoms in total. The lowest BCUT2D eigenvalue weighted by atomic mass is 10.3. The number of benzene rings is 1. The van der Waals surface area contributed by atoms with Gasteiger partial charge >= 0.3 is 0 Å². The van der Waals surface area contributed by atoms with Crippen LogP contribution in [-0.4, -0.2) is 16.6 Å². The summed E-state index contributed by atoms with van der Waals surface area (Å²) < 4.78 is 35.4. The predicted octanol–water partition coefficient (Wildman–Crippen LogP) is 1.96. The summed E-state index contributed by atoms with van der Waals surface area (Å²) in [5.74, 6) is 0. The van der Waals surface area contributed by atoms with Crippen LogP contribution in [0.3, 0.4) is 0 Å². The van der Waals surface area contributed by atoms with Gasteiger partial charge in [-0.3, -0.25) is 0 Å². The topological polar surface area (TPSA) is 37.9 Å². The monoisotopic (exact) mass is 166 g/mol. The van der Waals surface area contributed by atoms with Gasteiger partial charge in [0.1, 0.15) is 0 Å². The van der Waals surface area contributed by atoms with Gasteiger partial charge in [-0.2, -0.15) is 4.98 Å². The maximum absolute atomic E-state index is 7.65. The molecule has 0 aliphatic rings. The third-order valence-corrected chi connectivity index (χ3v) is 1.39. The van der Waals surface area contributed by atoms with Crippen LogP contribution in [-0.2, 0) is 0 Å². The largest absolute Gasteiger partial charge is 0.465 e. The molecule has 0 atom stereocenters. The van der Waals surface area contributed by atoms with E-state index in [9.17, 15) is 0 Å². The van der Waals surface area contributed by atoms with E-state index >= 15 is 0 Å². The van der Waals surface area contributed by atoms with Gasteiger partial charge in [0.2, 0.25) is 0 Å². The number of ether oxygens (including phenoxy) is 1. The fourth-order valence-corrected chi connectivity index (χ4v) is 0.922. The first-order valence-corrected chi connectivity index (χ1v) is 3.65. The van der Waals surface area contributed by atoms with Crippen molar-refractivity contribution in [2.24, 2.45) is 0 Å². The van der Waals surface area contributed by atoms with Gasteiger partial charge in [0.15, 0.2) is 0 Å². The van der Waals surface area contributed by atoms with E-state index in [0.717, 1.165) is 0 Å². The Labute approximate surface area is 76.0 Å². The Morgan fingerprint density at radius 3 is 3.25 bits per heavy atom. The second kappa shape index (κ2) is 2.85. The Kier molecular flexibility index (Phi) is 0.935. The van der Waals surface area contributed by atoms with Crippen molar-refractivity contribution >= 4 is 11.0 Å². The number of hydrogen-bond acceptors (Lipinski definition) is 2. The molecule has 1 aromatic heterocycles. The van der Waals surface area contributed by atoms with Crippen LogP contribution in [0.2, 0.25) is 0 Å². The van der Waals surface area contributed by atoms with E-state index in [4.69, 9.17) is 10.2 Å². The summed E-state index contributed by atoms with van der Waals surface area (Å²) in [6, 6.07) is -0.631. The Morgan fingerprint density at radius 2 is 2.42 bits per heavy atom. The third kappa shape index (κ3) is 1.13. The second-order valence-corrected chi connectivity index (χ2v) is 2.20. The van der Waals surface area contributed by atoms with Crippen LogP contribution in [0.25, 0.3) is 11.0 Å². The fourth-order valence-electron chi connectivity index (χ4n) is 0.922. The maximum Gasteiger partial charge on any atom is 0.294 e. The summed E-state index contributed by atoms with van der Waals surface area (Å²) in [6.45, 7) is 2.21. The molecule has 1 N–H and O–H groups in total. The highest BCUT2D eigenvalue weighted by Gasteiger charge is 1.99. The van der Waals surface area contributed by atoms with Crippen molar-refractivity contribution in [3.63, 3.8) is 0 Å². The lowest BCUT2D eigenvalue weighted by Gasteiger charge is -1.93. The van der Waals surface area contributed by atoms with E-state index in [1.807, 2.05) is 0 Å². The molecule has 0 saturated heterocycles. The zero-order chi connectivity index (χ0) is 11.9. The highest BCUT2D eigenvalue weighted by molar-refractivity contribution is 5.75. The number of hydrogen-bond donors (Lipinski definition) is 1. The zero-order valence-corrected chi connectivity index (χ0v) is 6.56. The molecule has 0 unspecified atom stereocenters. The van der Waals surface area contributed by atoms with Crippen LogP contribution in [0.4, 0.5) is 0 Å². The summed E-state index contributed by atoms with van der Waals surface area (Å²) in [7, 11) is 0. The highest BCUT2D eigenvalue weighted by atomic mass is 16.5. The summed E-state index contributed by atoms with van der Waals surface area (Å²) in [6.07, 6.45) is 0. The number of imidazole rings is 1. The van der Waals surface area contributed by atoms with Crippen LogP contribution in [0.5, 0.6) is 6.01 Å². The minimum Gasteiger partial charge on any atom is -0.465 e. The molecule has 0 aliphatic carbocycles. The van der Waals surface area contributed by atoms with E-state index in [-0.39, 0.29) is 41.2 Å². The van der Waals surface area contributed by atoms with Gasteiger partial charge in [0.25, 0.3) is 6.01 Å². The number of nitrogens with one attached hydrogen (secondary N) is 1. The molecule has 62 valence electrons. The van der Waals surface area contributed by atoms with E-state index in [0.29, 0.717) is 6.61 Å². The summed E-state index contributed by atoms with van der Waals surface area (Å²) in [5, 5.41) is 0. The molecule has 12 heavy (non-hydrogen) atoms. The molecule has 1 heterocycles.